The molecule has 3 fully saturated rings. The largest absolute Gasteiger partial charge is 0.455 e. The van der Waals surface area contributed by atoms with Crippen molar-refractivity contribution < 1.29 is 39.9 Å². The van der Waals surface area contributed by atoms with E-state index in [4.69, 9.17) is 0 Å². The average Bonchev–Trinajstić information content (AvgIpc) is 2.66. The molecule has 1 nitrogen and oxygen atoms in total. The first kappa shape index (κ1) is 25.0. The molecule has 3 aliphatic rings. The Labute approximate surface area is 178 Å². The molecule has 0 spiro atoms. The second-order valence-electron chi connectivity index (χ2n) is 10.0. The Morgan fingerprint density at radius 2 is 1.19 bits per heavy atom. The molecule has 31 heavy (non-hydrogen) atoms. The molecule has 0 N–H and O–H groups in total. The van der Waals surface area contributed by atoms with Gasteiger partial charge in [-0.25, -0.2) is 13.2 Å². The Hall–Kier alpha value is -0.600. The van der Waals surface area contributed by atoms with E-state index in [0.29, 0.717) is 24.7 Å². The highest BCUT2D eigenvalue weighted by Gasteiger charge is 2.58. The van der Waals surface area contributed by atoms with E-state index in [0.717, 1.165) is 32.1 Å². The van der Waals surface area contributed by atoms with Gasteiger partial charge in [0.05, 0.1) is 0 Å². The van der Waals surface area contributed by atoms with Gasteiger partial charge in [0.2, 0.25) is 0 Å². The molecule has 5 atom stereocenters. The van der Waals surface area contributed by atoms with Gasteiger partial charge in [-0.15, -0.1) is 0 Å². The molecular weight excluding hydrogens is 432 g/mol. The van der Waals surface area contributed by atoms with Crippen LogP contribution in [-0.4, -0.2) is 43.3 Å². The lowest BCUT2D eigenvalue weighted by Crippen LogP contribution is -2.49. The van der Waals surface area contributed by atoms with Crippen LogP contribution < -0.4 is 0 Å². The van der Waals surface area contributed by atoms with Gasteiger partial charge < -0.3 is 4.74 Å². The fourth-order valence-corrected chi connectivity index (χ4v) is 5.90. The van der Waals surface area contributed by atoms with E-state index in [1.165, 1.54) is 0 Å². The summed E-state index contributed by atoms with van der Waals surface area (Å²) in [5, 5.41) is 0. The monoisotopic (exact) mass is 464 g/mol. The fraction of sp³-hybridized carbons (Fsp3) is 1.00. The van der Waals surface area contributed by atoms with Crippen LogP contribution in [0.2, 0.25) is 0 Å². The van der Waals surface area contributed by atoms with E-state index in [1.807, 2.05) is 0 Å². The lowest BCUT2D eigenvalue weighted by atomic mass is 9.64. The van der Waals surface area contributed by atoms with E-state index in [-0.39, 0.29) is 18.8 Å². The number of alkyl halides is 8. The Balaban J connectivity index is 1.51. The van der Waals surface area contributed by atoms with Gasteiger partial charge >= 0.3 is 12.1 Å². The van der Waals surface area contributed by atoms with Crippen LogP contribution >= 0.6 is 0 Å². The van der Waals surface area contributed by atoms with E-state index >= 15 is 4.39 Å². The summed E-state index contributed by atoms with van der Waals surface area (Å²) in [5.74, 6) is -4.81. The van der Waals surface area contributed by atoms with Crippen LogP contribution in [0.3, 0.4) is 0 Å². The Morgan fingerprint density at radius 3 is 1.71 bits per heavy atom. The molecule has 0 aliphatic heterocycles. The van der Waals surface area contributed by atoms with E-state index in [9.17, 15) is 30.7 Å². The minimum atomic E-state index is -5.85. The van der Waals surface area contributed by atoms with Gasteiger partial charge in [0.1, 0.15) is 31.2 Å². The molecule has 0 heterocycles. The highest BCUT2D eigenvalue weighted by Crippen LogP contribution is 2.47. The van der Waals surface area contributed by atoms with Crippen molar-refractivity contribution in [2.45, 2.75) is 101 Å². The van der Waals surface area contributed by atoms with Gasteiger partial charge in [0, 0.05) is 0 Å². The minimum absolute atomic E-state index is 0.278. The third kappa shape index (κ3) is 5.85. The molecule has 3 aliphatic carbocycles. The van der Waals surface area contributed by atoms with Crippen molar-refractivity contribution >= 4 is 0 Å². The predicted octanol–water partition coefficient (Wildman–Crippen LogP) is 7.24. The van der Waals surface area contributed by atoms with Gasteiger partial charge in [0.15, 0.2) is 0 Å². The maximum atomic E-state index is 15.0. The summed E-state index contributed by atoms with van der Waals surface area (Å²) in [6.07, 6.45) is -7.45. The summed E-state index contributed by atoms with van der Waals surface area (Å²) in [5.41, 5.74) is 0. The quantitative estimate of drug-likeness (QED) is 0.390. The van der Waals surface area contributed by atoms with Gasteiger partial charge in [-0.1, -0.05) is 19.8 Å². The molecule has 3 saturated carbocycles. The number of hydrogen-bond acceptors (Lipinski definition) is 1. The molecule has 0 bridgehead atoms. The molecular formula is C22H32F8O. The maximum Gasteiger partial charge on any atom is 0.455 e. The molecule has 0 aromatic rings. The van der Waals surface area contributed by atoms with Crippen LogP contribution in [0.4, 0.5) is 35.1 Å². The van der Waals surface area contributed by atoms with Crippen molar-refractivity contribution in [2.24, 2.45) is 29.6 Å². The molecule has 182 valence electrons. The summed E-state index contributed by atoms with van der Waals surface area (Å²) >= 11 is 0. The van der Waals surface area contributed by atoms with Crippen LogP contribution in [0.1, 0.15) is 64.7 Å². The molecule has 0 amide bonds. The van der Waals surface area contributed by atoms with E-state index in [1.54, 1.807) is 0 Å². The van der Waals surface area contributed by atoms with Crippen LogP contribution in [0, 0.1) is 29.6 Å². The SMILES string of the molecule is CC1CCC(C2CCC(C3CC(F)C(OCC(F)(F)C(F)(F)F)C(F)C3)C(F)C2)CC1. The lowest BCUT2D eigenvalue weighted by Gasteiger charge is -2.44. The third-order valence-corrected chi connectivity index (χ3v) is 7.84. The molecule has 0 radical (unpaired) electrons. The van der Waals surface area contributed by atoms with Crippen LogP contribution in [-0.2, 0) is 4.74 Å². The van der Waals surface area contributed by atoms with Gasteiger partial charge in [-0.3, -0.25) is 0 Å². The normalized spacial score (nSPS) is 43.1. The van der Waals surface area contributed by atoms with E-state index < -0.39 is 55.2 Å². The smallest absolute Gasteiger partial charge is 0.366 e. The summed E-state index contributed by atoms with van der Waals surface area (Å²) < 4.78 is 111. The summed E-state index contributed by atoms with van der Waals surface area (Å²) in [7, 11) is 0. The van der Waals surface area contributed by atoms with Crippen LogP contribution in [0.25, 0.3) is 0 Å². The highest BCUT2D eigenvalue weighted by atomic mass is 19.4. The number of halogens is 8. The topological polar surface area (TPSA) is 9.23 Å². The Kier molecular flexibility index (Phi) is 7.85. The van der Waals surface area contributed by atoms with Crippen molar-refractivity contribution in [3.05, 3.63) is 0 Å². The number of ether oxygens (including phenoxy) is 1. The fourth-order valence-electron chi connectivity index (χ4n) is 5.90. The first-order chi connectivity index (χ1) is 14.4. The van der Waals surface area contributed by atoms with Crippen LogP contribution in [0.5, 0.6) is 0 Å². The first-order valence-electron chi connectivity index (χ1n) is 11.4. The van der Waals surface area contributed by atoms with Crippen LogP contribution in [0.15, 0.2) is 0 Å². The molecule has 0 saturated heterocycles. The number of hydrogen-bond donors (Lipinski definition) is 0. The number of rotatable bonds is 5. The van der Waals surface area contributed by atoms with E-state index in [2.05, 4.69) is 11.7 Å². The van der Waals surface area contributed by atoms with Gasteiger partial charge in [-0.05, 0) is 74.5 Å². The first-order valence-corrected chi connectivity index (χ1v) is 11.4. The van der Waals surface area contributed by atoms with Gasteiger partial charge in [-0.2, -0.15) is 22.0 Å². The molecule has 0 aromatic carbocycles. The zero-order valence-corrected chi connectivity index (χ0v) is 17.7. The van der Waals surface area contributed by atoms with Gasteiger partial charge in [0.25, 0.3) is 0 Å². The molecule has 9 heteroatoms. The molecule has 0 aromatic heterocycles. The lowest BCUT2D eigenvalue weighted by molar-refractivity contribution is -0.304. The Bertz CT molecular complexity index is 562. The van der Waals surface area contributed by atoms with Crippen molar-refractivity contribution in [1.29, 1.82) is 0 Å². The molecule has 5 unspecified atom stereocenters. The van der Waals surface area contributed by atoms with Crippen molar-refractivity contribution in [3.8, 4) is 0 Å². The predicted molar refractivity (Wildman–Crippen MR) is 100 cm³/mol. The zero-order chi connectivity index (χ0) is 23.0. The van der Waals surface area contributed by atoms with Crippen molar-refractivity contribution in [2.75, 3.05) is 6.61 Å². The third-order valence-electron chi connectivity index (χ3n) is 7.84. The summed E-state index contributed by atoms with van der Waals surface area (Å²) in [6, 6.07) is 0. The second-order valence-corrected chi connectivity index (χ2v) is 10.0. The molecule has 3 rings (SSSR count). The highest BCUT2D eigenvalue weighted by molar-refractivity contribution is 4.95. The van der Waals surface area contributed by atoms with Crippen molar-refractivity contribution in [1.82, 2.24) is 0 Å². The summed E-state index contributed by atoms with van der Waals surface area (Å²) in [4.78, 5) is 0. The Morgan fingerprint density at radius 1 is 0.677 bits per heavy atom. The average molecular weight is 464 g/mol. The zero-order valence-electron chi connectivity index (χ0n) is 17.7. The minimum Gasteiger partial charge on any atom is -0.366 e. The maximum absolute atomic E-state index is 15.0. The van der Waals surface area contributed by atoms with Crippen molar-refractivity contribution in [3.63, 3.8) is 0 Å². The standard InChI is InChI=1S/C22H32F8O/c1-12-2-4-13(5-3-12)14-6-7-16(17(23)8-14)15-9-18(24)20(19(25)10-15)31-11-21(26,27)22(28,29)30/h12-20H,2-11H2,1H3. The summed E-state index contributed by atoms with van der Waals surface area (Å²) in [6.45, 7) is 0.0969. The second kappa shape index (κ2) is 9.72.